The summed E-state index contributed by atoms with van der Waals surface area (Å²) in [4.78, 5) is 26.6. The maximum atomic E-state index is 13.3. The topological polar surface area (TPSA) is 92.1 Å². The van der Waals surface area contributed by atoms with Gasteiger partial charge in [0.05, 0.1) is 17.8 Å². The van der Waals surface area contributed by atoms with Gasteiger partial charge in [-0.25, -0.2) is 9.97 Å². The van der Waals surface area contributed by atoms with Crippen molar-refractivity contribution >= 4 is 17.5 Å². The molecule has 0 spiro atoms. The molecular weight excluding hydrogens is 380 g/mol. The fourth-order valence-corrected chi connectivity index (χ4v) is 3.59. The van der Waals surface area contributed by atoms with Gasteiger partial charge >= 0.3 is 0 Å². The van der Waals surface area contributed by atoms with Crippen LogP contribution in [0.2, 0.25) is 0 Å². The third-order valence-corrected chi connectivity index (χ3v) is 5.39. The fraction of sp³-hybridized carbons (Fsp3) is 0.381. The number of hydrogen-bond donors (Lipinski definition) is 1. The number of carbonyl (C=O) groups excluding carboxylic acids is 1. The number of anilines is 2. The van der Waals surface area contributed by atoms with Gasteiger partial charge in [0, 0.05) is 32.2 Å². The molecular formula is C21H26N8O. The number of hydrogen-bond acceptors (Lipinski definition) is 7. The Hall–Kier alpha value is -3.33. The molecule has 0 bridgehead atoms. The Bertz CT molecular complexity index is 1080. The van der Waals surface area contributed by atoms with E-state index in [9.17, 15) is 4.79 Å². The molecule has 3 aromatic rings. The highest BCUT2D eigenvalue weighted by Gasteiger charge is 2.33. The van der Waals surface area contributed by atoms with E-state index >= 15 is 0 Å². The Morgan fingerprint density at radius 1 is 1.23 bits per heavy atom. The van der Waals surface area contributed by atoms with Gasteiger partial charge in [0.15, 0.2) is 5.82 Å². The quantitative estimate of drug-likeness (QED) is 0.642. The minimum Gasteiger partial charge on any atom is -0.360 e. The van der Waals surface area contributed by atoms with Gasteiger partial charge in [-0.1, -0.05) is 6.07 Å². The molecule has 0 aromatic carbocycles. The normalized spacial score (nSPS) is 13.1. The second kappa shape index (κ2) is 8.19. The van der Waals surface area contributed by atoms with E-state index in [2.05, 4.69) is 22.4 Å². The van der Waals surface area contributed by atoms with Gasteiger partial charge in [0.25, 0.3) is 5.91 Å². The first-order valence-electron chi connectivity index (χ1n) is 10.1. The van der Waals surface area contributed by atoms with Gasteiger partial charge in [-0.3, -0.25) is 9.69 Å². The summed E-state index contributed by atoms with van der Waals surface area (Å²) in [5.74, 6) is 2.03. The Balaban J connectivity index is 1.72. The summed E-state index contributed by atoms with van der Waals surface area (Å²) in [6.45, 7) is 6.69. The number of carbonyl (C=O) groups is 1. The Labute approximate surface area is 175 Å². The lowest BCUT2D eigenvalue weighted by molar-refractivity contribution is 0.0996. The van der Waals surface area contributed by atoms with E-state index in [1.807, 2.05) is 54.8 Å². The molecule has 0 unspecified atom stereocenters. The van der Waals surface area contributed by atoms with E-state index < -0.39 is 0 Å². The van der Waals surface area contributed by atoms with Crippen molar-refractivity contribution in [2.75, 3.05) is 30.4 Å². The number of fused-ring (bicyclic) bond motifs is 1. The smallest absolute Gasteiger partial charge is 0.260 e. The van der Waals surface area contributed by atoms with Crippen molar-refractivity contribution in [2.24, 2.45) is 0 Å². The molecule has 1 aliphatic heterocycles. The number of rotatable bonds is 7. The second-order valence-electron chi connectivity index (χ2n) is 7.21. The lowest BCUT2D eigenvalue weighted by atomic mass is 10.1. The lowest BCUT2D eigenvalue weighted by Crippen LogP contribution is -2.24. The summed E-state index contributed by atoms with van der Waals surface area (Å²) in [6, 6.07) is 7.52. The van der Waals surface area contributed by atoms with Crippen molar-refractivity contribution < 1.29 is 4.79 Å². The molecule has 0 radical (unpaired) electrons. The zero-order valence-electron chi connectivity index (χ0n) is 17.8. The van der Waals surface area contributed by atoms with E-state index in [1.165, 1.54) is 0 Å². The highest BCUT2D eigenvalue weighted by molar-refractivity contribution is 6.10. The molecule has 4 heterocycles. The molecule has 9 nitrogen and oxygen atoms in total. The predicted octanol–water partition coefficient (Wildman–Crippen LogP) is 2.09. The summed E-state index contributed by atoms with van der Waals surface area (Å²) in [7, 11) is 3.86. The largest absolute Gasteiger partial charge is 0.360 e. The monoisotopic (exact) mass is 406 g/mol. The van der Waals surface area contributed by atoms with Crippen LogP contribution in [0.25, 0.3) is 11.5 Å². The minimum absolute atomic E-state index is 0.0582. The average Bonchev–Trinajstić information content (AvgIpc) is 3.38. The molecule has 9 heteroatoms. The van der Waals surface area contributed by atoms with Crippen LogP contribution in [0.3, 0.4) is 0 Å². The maximum absolute atomic E-state index is 13.3. The van der Waals surface area contributed by atoms with Crippen molar-refractivity contribution in [2.45, 2.75) is 33.5 Å². The summed E-state index contributed by atoms with van der Waals surface area (Å²) in [5.41, 5.74) is 3.22. The van der Waals surface area contributed by atoms with Crippen LogP contribution in [-0.4, -0.2) is 51.3 Å². The van der Waals surface area contributed by atoms with Crippen LogP contribution in [0.4, 0.5) is 11.6 Å². The zero-order valence-corrected chi connectivity index (χ0v) is 17.8. The third-order valence-electron chi connectivity index (χ3n) is 5.39. The van der Waals surface area contributed by atoms with Crippen LogP contribution in [0.1, 0.15) is 35.5 Å². The van der Waals surface area contributed by atoms with Gasteiger partial charge < -0.3 is 14.8 Å². The number of aromatic nitrogens is 5. The number of amides is 1. The molecule has 0 saturated carbocycles. The maximum Gasteiger partial charge on any atom is 0.260 e. The molecule has 30 heavy (non-hydrogen) atoms. The summed E-state index contributed by atoms with van der Waals surface area (Å²) in [5, 5.41) is 11.3. The molecule has 1 amide bonds. The predicted molar refractivity (Wildman–Crippen MR) is 115 cm³/mol. The van der Waals surface area contributed by atoms with Crippen LogP contribution < -0.4 is 15.1 Å². The van der Waals surface area contributed by atoms with Gasteiger partial charge in [0.2, 0.25) is 0 Å². The second-order valence-corrected chi connectivity index (χ2v) is 7.21. The van der Waals surface area contributed by atoms with Gasteiger partial charge in [-0.2, -0.15) is 0 Å². The first kappa shape index (κ1) is 20.0. The molecule has 1 N–H and O–H groups in total. The molecule has 1 aliphatic rings. The Morgan fingerprint density at radius 3 is 2.80 bits per heavy atom. The van der Waals surface area contributed by atoms with Gasteiger partial charge in [-0.05, 0) is 39.1 Å². The zero-order chi connectivity index (χ0) is 21.3. The first-order valence-corrected chi connectivity index (χ1v) is 10.1. The standard InChI is InChI=1S/C21H26N8O/c1-5-27(4)19-10-14-15(17(25-19)11-22-3)12-29(21(14)30)18-9-7-8-16(24-18)20-26-23-13-28(20)6-2/h7-10,13,22H,5-6,11-12H2,1-4H3. The van der Waals surface area contributed by atoms with Crippen LogP contribution >= 0.6 is 0 Å². The molecule has 0 fully saturated rings. The van der Waals surface area contributed by atoms with E-state index in [0.717, 1.165) is 30.2 Å². The van der Waals surface area contributed by atoms with Gasteiger partial charge in [0.1, 0.15) is 23.7 Å². The Kier molecular flexibility index (Phi) is 5.45. The van der Waals surface area contributed by atoms with Crippen molar-refractivity contribution in [3.05, 3.63) is 47.4 Å². The van der Waals surface area contributed by atoms with Crippen molar-refractivity contribution in [3.63, 3.8) is 0 Å². The van der Waals surface area contributed by atoms with Crippen molar-refractivity contribution in [1.29, 1.82) is 0 Å². The molecule has 4 rings (SSSR count). The lowest BCUT2D eigenvalue weighted by Gasteiger charge is -2.18. The van der Waals surface area contributed by atoms with Crippen LogP contribution in [0.15, 0.2) is 30.6 Å². The van der Waals surface area contributed by atoms with E-state index in [0.29, 0.717) is 36.0 Å². The van der Waals surface area contributed by atoms with Crippen LogP contribution in [0.5, 0.6) is 0 Å². The minimum atomic E-state index is -0.0582. The van der Waals surface area contributed by atoms with Gasteiger partial charge in [-0.15, -0.1) is 10.2 Å². The van der Waals surface area contributed by atoms with Crippen molar-refractivity contribution in [1.82, 2.24) is 30.0 Å². The molecule has 0 atom stereocenters. The molecule has 0 aliphatic carbocycles. The van der Waals surface area contributed by atoms with Crippen molar-refractivity contribution in [3.8, 4) is 11.5 Å². The molecule has 156 valence electrons. The average molecular weight is 406 g/mol. The third kappa shape index (κ3) is 3.41. The number of nitrogens with one attached hydrogen (secondary N) is 1. The van der Waals surface area contributed by atoms with Crippen LogP contribution in [0, 0.1) is 0 Å². The number of nitrogens with zero attached hydrogens (tertiary/aromatic N) is 7. The number of pyridine rings is 2. The highest BCUT2D eigenvalue weighted by Crippen LogP contribution is 2.32. The van der Waals surface area contributed by atoms with E-state index in [1.54, 1.807) is 11.2 Å². The van der Waals surface area contributed by atoms with E-state index in [4.69, 9.17) is 9.97 Å². The first-order chi connectivity index (χ1) is 14.6. The van der Waals surface area contributed by atoms with Crippen LogP contribution in [-0.2, 0) is 19.6 Å². The Morgan fingerprint density at radius 2 is 2.07 bits per heavy atom. The summed E-state index contributed by atoms with van der Waals surface area (Å²) >= 11 is 0. The molecule has 3 aromatic heterocycles. The van der Waals surface area contributed by atoms with E-state index in [-0.39, 0.29) is 5.91 Å². The summed E-state index contributed by atoms with van der Waals surface area (Å²) < 4.78 is 1.93. The summed E-state index contributed by atoms with van der Waals surface area (Å²) in [6.07, 6.45) is 1.68. The molecule has 0 saturated heterocycles. The number of aryl methyl sites for hydroxylation is 1. The fourth-order valence-electron chi connectivity index (χ4n) is 3.59. The SMILES string of the molecule is CCN(C)c1cc2c(c(CNC)n1)CN(c1cccc(-c3nncn3CC)n1)C2=O. The highest BCUT2D eigenvalue weighted by atomic mass is 16.2.